The van der Waals surface area contributed by atoms with E-state index in [9.17, 15) is 17.2 Å². The third kappa shape index (κ3) is 2.91. The van der Waals surface area contributed by atoms with Crippen molar-refractivity contribution in [2.75, 3.05) is 0 Å². The van der Waals surface area contributed by atoms with Gasteiger partial charge in [-0.05, 0) is 17.7 Å². The van der Waals surface area contributed by atoms with E-state index in [1.54, 1.807) is 6.07 Å². The Bertz CT molecular complexity index is 581. The van der Waals surface area contributed by atoms with Gasteiger partial charge in [0.25, 0.3) is 15.5 Å². The van der Waals surface area contributed by atoms with Crippen LogP contribution < -0.4 is 5.73 Å². The molecule has 8 heteroatoms. The van der Waals surface area contributed by atoms with Gasteiger partial charge in [-0.3, -0.25) is 0 Å². The highest BCUT2D eigenvalue weighted by Crippen LogP contribution is 2.29. The molecule has 0 atom stereocenters. The molecule has 0 aromatic heterocycles. The molecule has 0 aliphatic rings. The second-order valence-electron chi connectivity index (χ2n) is 3.10. The highest BCUT2D eigenvalue weighted by molar-refractivity contribution is 8.13. The number of halogens is 3. The van der Waals surface area contributed by atoms with Crippen molar-refractivity contribution in [1.29, 1.82) is 5.26 Å². The molecule has 0 aliphatic heterocycles. The molecule has 0 aliphatic carbocycles. The molecule has 92 valence electrons. The number of hydrogen-bond donors (Lipinski definition) is 1. The molecule has 0 radical (unpaired) electrons. The second-order valence-corrected chi connectivity index (χ2v) is 5.64. The topological polar surface area (TPSA) is 83.9 Å². The van der Waals surface area contributed by atoms with Crippen LogP contribution in [0.2, 0.25) is 0 Å². The fourth-order valence-electron chi connectivity index (χ4n) is 1.30. The number of rotatable bonds is 3. The molecule has 0 amide bonds. The molecular weight excluding hydrogens is 274 g/mol. The zero-order chi connectivity index (χ0) is 13.2. The lowest BCUT2D eigenvalue weighted by Crippen LogP contribution is -2.07. The quantitative estimate of drug-likeness (QED) is 0.857. The molecule has 0 spiro atoms. The molecule has 0 saturated heterocycles. The van der Waals surface area contributed by atoms with Crippen LogP contribution in [0, 0.1) is 11.3 Å². The first kappa shape index (κ1) is 13.8. The lowest BCUT2D eigenvalue weighted by molar-refractivity contribution is 0.150. The van der Waals surface area contributed by atoms with Gasteiger partial charge in [-0.1, -0.05) is 0 Å². The molecule has 0 fully saturated rings. The van der Waals surface area contributed by atoms with Crippen LogP contribution in [-0.2, 0) is 15.6 Å². The predicted molar refractivity (Wildman–Crippen MR) is 57.0 cm³/mol. The smallest absolute Gasteiger partial charge is 0.265 e. The first-order chi connectivity index (χ1) is 7.81. The summed E-state index contributed by atoms with van der Waals surface area (Å²) in [6.07, 6.45) is -2.96. The molecule has 1 rings (SSSR count). The second kappa shape index (κ2) is 4.96. The molecule has 1 aromatic rings. The summed E-state index contributed by atoms with van der Waals surface area (Å²) in [4.78, 5) is -0.490. The third-order valence-corrected chi connectivity index (χ3v) is 3.47. The monoisotopic (exact) mass is 280 g/mol. The fraction of sp³-hybridized carbons (Fsp3) is 0.222. The summed E-state index contributed by atoms with van der Waals surface area (Å²) in [6, 6.07) is 3.26. The number of benzene rings is 1. The molecule has 0 saturated carbocycles. The van der Waals surface area contributed by atoms with Gasteiger partial charge >= 0.3 is 0 Å². The Morgan fingerprint density at radius 3 is 2.41 bits per heavy atom. The van der Waals surface area contributed by atoms with Gasteiger partial charge in [0.1, 0.15) is 0 Å². The summed E-state index contributed by atoms with van der Waals surface area (Å²) in [6.45, 7) is -0.223. The van der Waals surface area contributed by atoms with Gasteiger partial charge < -0.3 is 5.73 Å². The van der Waals surface area contributed by atoms with Crippen molar-refractivity contribution in [2.24, 2.45) is 5.73 Å². The maximum absolute atomic E-state index is 12.6. The summed E-state index contributed by atoms with van der Waals surface area (Å²) in [5.41, 5.74) is 4.31. The van der Waals surface area contributed by atoms with Crippen molar-refractivity contribution in [2.45, 2.75) is 17.9 Å². The first-order valence-corrected chi connectivity index (χ1v) is 6.62. The summed E-state index contributed by atoms with van der Waals surface area (Å²) in [5, 5.41) is 8.67. The first-order valence-electron chi connectivity index (χ1n) is 4.31. The number of nitriles is 1. The Balaban J connectivity index is 3.64. The van der Waals surface area contributed by atoms with Gasteiger partial charge in [-0.15, -0.1) is 0 Å². The van der Waals surface area contributed by atoms with Crippen LogP contribution in [0.25, 0.3) is 0 Å². The summed E-state index contributed by atoms with van der Waals surface area (Å²) in [7, 11) is 0.926. The number of hydrogen-bond acceptors (Lipinski definition) is 4. The van der Waals surface area contributed by atoms with E-state index in [2.05, 4.69) is 0 Å². The number of alkyl halides is 2. The minimum absolute atomic E-state index is 0.0287. The van der Waals surface area contributed by atoms with Crippen molar-refractivity contribution in [3.8, 4) is 6.07 Å². The maximum Gasteiger partial charge on any atom is 0.265 e. The highest BCUT2D eigenvalue weighted by atomic mass is 35.7. The Kier molecular flexibility index (Phi) is 4.03. The van der Waals surface area contributed by atoms with Gasteiger partial charge in [0.05, 0.1) is 16.5 Å². The molecule has 2 N–H and O–H groups in total. The SMILES string of the molecule is N#Cc1cc(CN)c(S(=O)(=O)Cl)cc1C(F)F. The van der Waals surface area contributed by atoms with E-state index < -0.39 is 25.9 Å². The molecule has 0 bridgehead atoms. The lowest BCUT2D eigenvalue weighted by atomic mass is 10.0. The van der Waals surface area contributed by atoms with Crippen LogP contribution in [0.4, 0.5) is 8.78 Å². The van der Waals surface area contributed by atoms with Crippen LogP contribution >= 0.6 is 10.7 Å². The van der Waals surface area contributed by atoms with Crippen LogP contribution in [0.3, 0.4) is 0 Å². The van der Waals surface area contributed by atoms with E-state index in [0.29, 0.717) is 6.07 Å². The molecule has 17 heavy (non-hydrogen) atoms. The van der Waals surface area contributed by atoms with Crippen molar-refractivity contribution in [3.05, 3.63) is 28.8 Å². The van der Waals surface area contributed by atoms with E-state index in [4.69, 9.17) is 21.7 Å². The van der Waals surface area contributed by atoms with E-state index in [0.717, 1.165) is 6.07 Å². The Hall–Kier alpha value is -1.23. The zero-order valence-corrected chi connectivity index (χ0v) is 9.89. The zero-order valence-electron chi connectivity index (χ0n) is 8.32. The van der Waals surface area contributed by atoms with Gasteiger partial charge in [-0.2, -0.15) is 5.26 Å². The van der Waals surface area contributed by atoms with Gasteiger partial charge in [-0.25, -0.2) is 17.2 Å². The van der Waals surface area contributed by atoms with Crippen molar-refractivity contribution in [3.63, 3.8) is 0 Å². The van der Waals surface area contributed by atoms with Gasteiger partial charge in [0.15, 0.2) is 0 Å². The van der Waals surface area contributed by atoms with Gasteiger partial charge in [0, 0.05) is 22.8 Å². The molecule has 4 nitrogen and oxygen atoms in total. The largest absolute Gasteiger partial charge is 0.326 e. The molecular formula is C9H7ClF2N2O2S. The van der Waals surface area contributed by atoms with E-state index in [1.807, 2.05) is 0 Å². The van der Waals surface area contributed by atoms with Crippen LogP contribution in [0.15, 0.2) is 17.0 Å². The Morgan fingerprint density at radius 2 is 2.06 bits per heavy atom. The summed E-state index contributed by atoms with van der Waals surface area (Å²) in [5.74, 6) is 0. The average molecular weight is 281 g/mol. The van der Waals surface area contributed by atoms with Crippen LogP contribution in [0.5, 0.6) is 0 Å². The van der Waals surface area contributed by atoms with Crippen LogP contribution in [-0.4, -0.2) is 8.42 Å². The normalized spacial score (nSPS) is 11.5. The van der Waals surface area contributed by atoms with Crippen molar-refractivity contribution < 1.29 is 17.2 Å². The van der Waals surface area contributed by atoms with Crippen LogP contribution in [0.1, 0.15) is 23.1 Å². The standard InChI is InChI=1S/C9H7ClF2N2O2S/c10-17(15,16)8-2-7(9(11)12)5(3-13)1-6(8)4-14/h1-2,9H,4,14H2. The minimum Gasteiger partial charge on any atom is -0.326 e. The van der Waals surface area contributed by atoms with Gasteiger partial charge in [0.2, 0.25) is 0 Å². The minimum atomic E-state index is -4.18. The Labute approximate surface area is 101 Å². The fourth-order valence-corrected chi connectivity index (χ4v) is 2.46. The maximum atomic E-state index is 12.6. The van der Waals surface area contributed by atoms with E-state index in [1.165, 1.54) is 0 Å². The van der Waals surface area contributed by atoms with E-state index in [-0.39, 0.29) is 17.7 Å². The highest BCUT2D eigenvalue weighted by Gasteiger charge is 2.22. The summed E-state index contributed by atoms with van der Waals surface area (Å²) < 4.78 is 47.5. The summed E-state index contributed by atoms with van der Waals surface area (Å²) >= 11 is 0. The predicted octanol–water partition coefficient (Wildman–Crippen LogP) is 1.88. The average Bonchev–Trinajstić information content (AvgIpc) is 2.25. The number of nitrogens with zero attached hydrogens (tertiary/aromatic N) is 1. The number of nitrogens with two attached hydrogens (primary N) is 1. The van der Waals surface area contributed by atoms with Crippen molar-refractivity contribution >= 4 is 19.7 Å². The van der Waals surface area contributed by atoms with E-state index >= 15 is 0 Å². The molecule has 0 unspecified atom stereocenters. The third-order valence-electron chi connectivity index (χ3n) is 2.07. The lowest BCUT2D eigenvalue weighted by Gasteiger charge is -2.09. The molecule has 1 aromatic carbocycles. The van der Waals surface area contributed by atoms with Crippen molar-refractivity contribution in [1.82, 2.24) is 0 Å². The Morgan fingerprint density at radius 1 is 1.47 bits per heavy atom. The molecule has 0 heterocycles.